The summed E-state index contributed by atoms with van der Waals surface area (Å²) in [5, 5.41) is 9.74. The number of hydrogen-bond donors (Lipinski definition) is 1. The van der Waals surface area contributed by atoms with Crippen molar-refractivity contribution in [1.82, 2.24) is 0 Å². The fraction of sp³-hybridized carbons (Fsp3) is 0.455. The lowest BCUT2D eigenvalue weighted by molar-refractivity contribution is 0.199. The second kappa shape index (κ2) is 5.37. The lowest BCUT2D eigenvalue weighted by atomic mass is 10.2. The highest BCUT2D eigenvalue weighted by molar-refractivity contribution is 9.06. The molecule has 0 amide bonds. The number of halogens is 1. The third-order valence-corrected chi connectivity index (χ3v) is 4.86. The van der Waals surface area contributed by atoms with Gasteiger partial charge in [-0.2, -0.15) is 0 Å². The van der Waals surface area contributed by atoms with Gasteiger partial charge in [-0.05, 0) is 30.5 Å². The van der Waals surface area contributed by atoms with E-state index in [2.05, 4.69) is 16.3 Å². The molecular weight excluding hydrogens is 308 g/mol. The van der Waals surface area contributed by atoms with E-state index in [9.17, 15) is 13.5 Å². The Labute approximate surface area is 110 Å². The molecule has 1 aromatic rings. The van der Waals surface area contributed by atoms with E-state index in [4.69, 9.17) is 3.83 Å². The van der Waals surface area contributed by atoms with Crippen LogP contribution in [0.2, 0.25) is 0 Å². The molecule has 1 aromatic carbocycles. The van der Waals surface area contributed by atoms with Crippen molar-refractivity contribution in [3.63, 3.8) is 0 Å². The molecule has 1 atom stereocenters. The van der Waals surface area contributed by atoms with E-state index in [0.29, 0.717) is 0 Å². The average molecular weight is 323 g/mol. The maximum atomic E-state index is 12.1. The molecule has 0 bridgehead atoms. The SMILES string of the molecule is Cc1ccc(S(=O)(=O)[C@@H](O)C(C)C)c(OBr)c1. The zero-order valence-corrected chi connectivity index (χ0v) is 12.2. The normalized spacial score (nSPS) is 13.8. The van der Waals surface area contributed by atoms with Gasteiger partial charge in [0.25, 0.3) is 0 Å². The number of rotatable bonds is 4. The van der Waals surface area contributed by atoms with E-state index in [0.717, 1.165) is 5.56 Å². The van der Waals surface area contributed by atoms with Crippen LogP contribution in [0, 0.1) is 12.8 Å². The van der Waals surface area contributed by atoms with Crippen molar-refractivity contribution in [2.45, 2.75) is 31.1 Å². The second-order valence-electron chi connectivity index (χ2n) is 4.21. The first kappa shape index (κ1) is 14.5. The summed E-state index contributed by atoms with van der Waals surface area (Å²) >= 11 is 2.78. The van der Waals surface area contributed by atoms with Crippen LogP contribution in [0.1, 0.15) is 19.4 Å². The highest BCUT2D eigenvalue weighted by atomic mass is 79.9. The van der Waals surface area contributed by atoms with E-state index in [1.54, 1.807) is 26.0 Å². The Hall–Kier alpha value is -0.590. The molecule has 96 valence electrons. The number of aryl methyl sites for hydroxylation is 1. The second-order valence-corrected chi connectivity index (χ2v) is 6.54. The molecule has 17 heavy (non-hydrogen) atoms. The smallest absolute Gasteiger partial charge is 0.208 e. The van der Waals surface area contributed by atoms with Crippen LogP contribution >= 0.6 is 16.3 Å². The zero-order valence-electron chi connectivity index (χ0n) is 9.84. The Kier molecular flexibility index (Phi) is 4.57. The van der Waals surface area contributed by atoms with E-state index >= 15 is 0 Å². The highest BCUT2D eigenvalue weighted by Gasteiger charge is 2.30. The van der Waals surface area contributed by atoms with Crippen molar-refractivity contribution in [3.05, 3.63) is 23.8 Å². The summed E-state index contributed by atoms with van der Waals surface area (Å²) in [5.41, 5.74) is -0.566. The molecule has 0 spiro atoms. The minimum Gasteiger partial charge on any atom is -0.417 e. The van der Waals surface area contributed by atoms with Crippen LogP contribution in [-0.4, -0.2) is 19.0 Å². The fourth-order valence-corrected chi connectivity index (χ4v) is 3.39. The lowest BCUT2D eigenvalue weighted by Crippen LogP contribution is -2.26. The van der Waals surface area contributed by atoms with Gasteiger partial charge in [0.15, 0.2) is 27.4 Å². The van der Waals surface area contributed by atoms with Crippen LogP contribution in [-0.2, 0) is 9.84 Å². The van der Waals surface area contributed by atoms with Gasteiger partial charge >= 0.3 is 0 Å². The number of benzene rings is 1. The monoisotopic (exact) mass is 322 g/mol. The standard InChI is InChI=1S/C11H15BrO4S/c1-7(2)11(13)17(14,15)10-5-4-8(3)6-9(10)16-12/h4-7,11,13H,1-3H3/t11-/m1/s1. The van der Waals surface area contributed by atoms with Crippen molar-refractivity contribution in [2.75, 3.05) is 0 Å². The Balaban J connectivity index is 3.33. The van der Waals surface area contributed by atoms with Gasteiger partial charge in [-0.3, -0.25) is 0 Å². The van der Waals surface area contributed by atoms with Crippen molar-refractivity contribution in [1.29, 1.82) is 0 Å². The summed E-state index contributed by atoms with van der Waals surface area (Å²) in [6.45, 7) is 5.11. The average Bonchev–Trinajstić information content (AvgIpc) is 2.27. The van der Waals surface area contributed by atoms with Crippen molar-refractivity contribution < 1.29 is 17.4 Å². The van der Waals surface area contributed by atoms with Crippen LogP contribution in [0.5, 0.6) is 5.75 Å². The fourth-order valence-electron chi connectivity index (χ4n) is 1.40. The zero-order chi connectivity index (χ0) is 13.2. The summed E-state index contributed by atoms with van der Waals surface area (Å²) < 4.78 is 29.1. The summed E-state index contributed by atoms with van der Waals surface area (Å²) in [7, 11) is -3.80. The van der Waals surface area contributed by atoms with Gasteiger partial charge in [0.2, 0.25) is 9.84 Å². The molecule has 0 fully saturated rings. The quantitative estimate of drug-likeness (QED) is 0.924. The molecule has 0 aliphatic carbocycles. The van der Waals surface area contributed by atoms with Crippen LogP contribution in [0.25, 0.3) is 0 Å². The Morgan fingerprint density at radius 2 is 1.94 bits per heavy atom. The Morgan fingerprint density at radius 1 is 1.35 bits per heavy atom. The van der Waals surface area contributed by atoms with E-state index in [-0.39, 0.29) is 16.6 Å². The summed E-state index contributed by atoms with van der Waals surface area (Å²) in [6.07, 6.45) is 0. The first-order valence-electron chi connectivity index (χ1n) is 5.12. The first-order valence-corrected chi connectivity index (χ1v) is 7.31. The van der Waals surface area contributed by atoms with Gasteiger partial charge in [0.05, 0.1) is 0 Å². The van der Waals surface area contributed by atoms with Gasteiger partial charge < -0.3 is 8.93 Å². The lowest BCUT2D eigenvalue weighted by Gasteiger charge is -2.17. The van der Waals surface area contributed by atoms with Gasteiger partial charge in [-0.25, -0.2) is 8.42 Å². The summed E-state index contributed by atoms with van der Waals surface area (Å²) in [6, 6.07) is 4.69. The summed E-state index contributed by atoms with van der Waals surface area (Å²) in [5.74, 6) is -0.200. The predicted molar refractivity (Wildman–Crippen MR) is 68.8 cm³/mol. The molecule has 0 aromatic heterocycles. The molecule has 0 aliphatic heterocycles. The van der Waals surface area contributed by atoms with Crippen molar-refractivity contribution >= 4 is 26.1 Å². The molecule has 6 heteroatoms. The topological polar surface area (TPSA) is 63.6 Å². The van der Waals surface area contributed by atoms with Crippen molar-refractivity contribution in [2.24, 2.45) is 5.92 Å². The molecule has 0 aliphatic rings. The third kappa shape index (κ3) is 3.00. The van der Waals surface area contributed by atoms with Crippen molar-refractivity contribution in [3.8, 4) is 5.75 Å². The minimum absolute atomic E-state index is 0.0128. The van der Waals surface area contributed by atoms with Gasteiger partial charge in [-0.15, -0.1) is 0 Å². The molecular formula is C11H15BrO4S. The van der Waals surface area contributed by atoms with E-state index < -0.39 is 15.3 Å². The molecule has 4 nitrogen and oxygen atoms in total. The Morgan fingerprint density at radius 3 is 2.41 bits per heavy atom. The molecule has 0 saturated carbocycles. The van der Waals surface area contributed by atoms with Crippen LogP contribution in [0.15, 0.2) is 23.1 Å². The molecule has 0 heterocycles. The van der Waals surface area contributed by atoms with Gasteiger partial charge in [0.1, 0.15) is 4.90 Å². The van der Waals surface area contributed by atoms with Crippen LogP contribution in [0.4, 0.5) is 0 Å². The summed E-state index contributed by atoms with van der Waals surface area (Å²) in [4.78, 5) is -0.0128. The van der Waals surface area contributed by atoms with Crippen LogP contribution in [0.3, 0.4) is 0 Å². The first-order chi connectivity index (χ1) is 7.80. The maximum absolute atomic E-state index is 12.1. The molecule has 0 radical (unpaired) electrons. The maximum Gasteiger partial charge on any atom is 0.208 e. The Bertz CT molecular complexity index is 496. The van der Waals surface area contributed by atoms with Gasteiger partial charge in [0, 0.05) is 0 Å². The third-order valence-electron chi connectivity index (χ3n) is 2.38. The van der Waals surface area contributed by atoms with Crippen LogP contribution < -0.4 is 3.83 Å². The molecule has 0 unspecified atom stereocenters. The van der Waals surface area contributed by atoms with E-state index in [1.165, 1.54) is 6.07 Å². The minimum atomic E-state index is -3.80. The number of aliphatic hydroxyl groups is 1. The van der Waals surface area contributed by atoms with E-state index in [1.807, 2.05) is 6.92 Å². The molecule has 1 rings (SSSR count). The number of aliphatic hydroxyl groups excluding tert-OH is 1. The molecule has 0 saturated heterocycles. The number of hydrogen-bond acceptors (Lipinski definition) is 4. The largest absolute Gasteiger partial charge is 0.417 e. The number of sulfone groups is 1. The highest BCUT2D eigenvalue weighted by Crippen LogP contribution is 2.30. The molecule has 1 N–H and O–H groups in total. The predicted octanol–water partition coefficient (Wildman–Crippen LogP) is 2.43. The van der Waals surface area contributed by atoms with Gasteiger partial charge in [-0.1, -0.05) is 19.9 Å².